The van der Waals surface area contributed by atoms with Crippen molar-refractivity contribution in [1.29, 1.82) is 0 Å². The first-order valence-corrected chi connectivity index (χ1v) is 3.13. The fourth-order valence-electron chi connectivity index (χ4n) is 0.520. The number of hydrogen-bond donors (Lipinski definition) is 1. The Balaban J connectivity index is 4.00. The summed E-state index contributed by atoms with van der Waals surface area (Å²) in [5.41, 5.74) is 7.82. The van der Waals surface area contributed by atoms with Crippen molar-refractivity contribution >= 4 is 0 Å². The summed E-state index contributed by atoms with van der Waals surface area (Å²) >= 11 is 0. The van der Waals surface area contributed by atoms with E-state index < -0.39 is 0 Å². The lowest BCUT2D eigenvalue weighted by atomic mass is 10.1. The van der Waals surface area contributed by atoms with E-state index in [4.69, 9.17) is 5.73 Å². The van der Waals surface area contributed by atoms with Crippen molar-refractivity contribution in [1.82, 2.24) is 0 Å². The zero-order valence-electron chi connectivity index (χ0n) is 6.44. The molecule has 0 aromatic rings. The van der Waals surface area contributed by atoms with E-state index in [2.05, 4.69) is 6.58 Å². The molecule has 0 saturated carbocycles. The normalized spacial score (nSPS) is 15.3. The van der Waals surface area contributed by atoms with Gasteiger partial charge in [-0.2, -0.15) is 0 Å². The van der Waals surface area contributed by atoms with Crippen molar-refractivity contribution in [2.45, 2.75) is 26.8 Å². The van der Waals surface area contributed by atoms with Crippen molar-refractivity contribution < 1.29 is 0 Å². The van der Waals surface area contributed by atoms with Crippen molar-refractivity contribution in [3.8, 4) is 0 Å². The van der Waals surface area contributed by atoms with Gasteiger partial charge < -0.3 is 5.73 Å². The van der Waals surface area contributed by atoms with Crippen LogP contribution in [0, 0.1) is 0 Å². The average Bonchev–Trinajstić information content (AvgIpc) is 1.63. The highest BCUT2D eigenvalue weighted by molar-refractivity contribution is 5.19. The summed E-state index contributed by atoms with van der Waals surface area (Å²) in [5.74, 6) is 0. The zero-order chi connectivity index (χ0) is 7.44. The monoisotopic (exact) mass is 125 g/mol. The Bertz CT molecular complexity index is 132. The van der Waals surface area contributed by atoms with Gasteiger partial charge in [0.25, 0.3) is 0 Å². The summed E-state index contributed by atoms with van der Waals surface area (Å²) in [7, 11) is 0. The number of nitrogens with two attached hydrogens (primary N) is 1. The molecule has 0 heterocycles. The molecule has 0 aromatic carbocycles. The third-order valence-electron chi connectivity index (χ3n) is 1.19. The first-order valence-electron chi connectivity index (χ1n) is 3.13. The molecule has 0 aliphatic carbocycles. The van der Waals surface area contributed by atoms with E-state index >= 15 is 0 Å². The lowest BCUT2D eigenvalue weighted by Gasteiger charge is -2.03. The van der Waals surface area contributed by atoms with Crippen molar-refractivity contribution in [3.63, 3.8) is 0 Å². The Morgan fingerprint density at radius 1 is 1.56 bits per heavy atom. The van der Waals surface area contributed by atoms with Crippen LogP contribution >= 0.6 is 0 Å². The van der Waals surface area contributed by atoms with Crippen molar-refractivity contribution in [3.05, 3.63) is 23.8 Å². The number of hydrogen-bond acceptors (Lipinski definition) is 1. The van der Waals surface area contributed by atoms with Gasteiger partial charge in [0.15, 0.2) is 0 Å². The first-order chi connectivity index (χ1) is 4.04. The molecule has 1 heteroatoms. The molecule has 0 aliphatic rings. The lowest BCUT2D eigenvalue weighted by molar-refractivity contribution is 0.859. The summed E-state index contributed by atoms with van der Waals surface area (Å²) in [6.07, 6.45) is 2.00. The van der Waals surface area contributed by atoms with Crippen LogP contribution in [-0.4, -0.2) is 6.04 Å². The maximum Gasteiger partial charge on any atom is 0.0225 e. The van der Waals surface area contributed by atoms with Crippen LogP contribution in [0.15, 0.2) is 23.8 Å². The standard InChI is InChI=1S/C8H15N/c1-6(2)5-7(3)8(4)9/h5,8H,1,9H2,2-4H3/b7-5+. The quantitative estimate of drug-likeness (QED) is 0.560. The van der Waals surface area contributed by atoms with E-state index in [0.717, 1.165) is 5.57 Å². The second-order valence-electron chi connectivity index (χ2n) is 2.52. The predicted molar refractivity (Wildman–Crippen MR) is 42.2 cm³/mol. The van der Waals surface area contributed by atoms with Gasteiger partial charge in [-0.3, -0.25) is 0 Å². The summed E-state index contributed by atoms with van der Waals surface area (Å²) in [6, 6.07) is 0.154. The fourth-order valence-corrected chi connectivity index (χ4v) is 0.520. The first kappa shape index (κ1) is 8.44. The van der Waals surface area contributed by atoms with Crippen LogP contribution in [0.5, 0.6) is 0 Å². The maximum absolute atomic E-state index is 5.57. The Hall–Kier alpha value is -0.560. The summed E-state index contributed by atoms with van der Waals surface area (Å²) in [4.78, 5) is 0. The fraction of sp³-hybridized carbons (Fsp3) is 0.500. The van der Waals surface area contributed by atoms with Gasteiger partial charge in [0.1, 0.15) is 0 Å². The number of allylic oxidation sites excluding steroid dienone is 2. The van der Waals surface area contributed by atoms with Crippen LogP contribution in [0.3, 0.4) is 0 Å². The Morgan fingerprint density at radius 2 is 2.00 bits per heavy atom. The molecule has 1 unspecified atom stereocenters. The lowest BCUT2D eigenvalue weighted by Crippen LogP contribution is -2.15. The second kappa shape index (κ2) is 3.46. The molecule has 0 spiro atoms. The minimum atomic E-state index is 0.154. The minimum Gasteiger partial charge on any atom is -0.324 e. The van der Waals surface area contributed by atoms with E-state index in [-0.39, 0.29) is 6.04 Å². The van der Waals surface area contributed by atoms with Gasteiger partial charge in [0.2, 0.25) is 0 Å². The SMILES string of the molecule is C=C(C)/C=C(\C)C(C)N. The average molecular weight is 125 g/mol. The molecule has 1 atom stereocenters. The van der Waals surface area contributed by atoms with Crippen molar-refractivity contribution in [2.75, 3.05) is 0 Å². The minimum absolute atomic E-state index is 0.154. The molecule has 0 bridgehead atoms. The highest BCUT2D eigenvalue weighted by Crippen LogP contribution is 2.01. The molecule has 0 amide bonds. The van der Waals surface area contributed by atoms with Gasteiger partial charge in [-0.05, 0) is 20.8 Å². The van der Waals surface area contributed by atoms with Crippen LogP contribution in [0.1, 0.15) is 20.8 Å². The summed E-state index contributed by atoms with van der Waals surface area (Å²) in [5, 5.41) is 0. The van der Waals surface area contributed by atoms with Crippen LogP contribution in [-0.2, 0) is 0 Å². The molecule has 0 aromatic heterocycles. The van der Waals surface area contributed by atoms with E-state index in [1.807, 2.05) is 26.8 Å². The predicted octanol–water partition coefficient (Wildman–Crippen LogP) is 1.86. The molecular formula is C8H15N. The maximum atomic E-state index is 5.57. The third-order valence-corrected chi connectivity index (χ3v) is 1.19. The van der Waals surface area contributed by atoms with Crippen molar-refractivity contribution in [2.24, 2.45) is 5.73 Å². The largest absolute Gasteiger partial charge is 0.324 e. The molecule has 0 aliphatic heterocycles. The molecule has 9 heavy (non-hydrogen) atoms. The van der Waals surface area contributed by atoms with Gasteiger partial charge in [-0.25, -0.2) is 0 Å². The van der Waals surface area contributed by atoms with Gasteiger partial charge in [0.05, 0.1) is 0 Å². The highest BCUT2D eigenvalue weighted by Gasteiger charge is 1.93. The van der Waals surface area contributed by atoms with E-state index in [0.29, 0.717) is 0 Å². The zero-order valence-corrected chi connectivity index (χ0v) is 6.44. The molecule has 0 fully saturated rings. The molecule has 0 rings (SSSR count). The molecule has 0 radical (unpaired) electrons. The van der Waals surface area contributed by atoms with Crippen LogP contribution < -0.4 is 5.73 Å². The van der Waals surface area contributed by atoms with Gasteiger partial charge in [-0.15, -0.1) is 0 Å². The smallest absolute Gasteiger partial charge is 0.0225 e. The molecule has 1 nitrogen and oxygen atoms in total. The van der Waals surface area contributed by atoms with Gasteiger partial charge >= 0.3 is 0 Å². The molecular weight excluding hydrogens is 110 g/mol. The van der Waals surface area contributed by atoms with Crippen LogP contribution in [0.4, 0.5) is 0 Å². The van der Waals surface area contributed by atoms with E-state index in [1.54, 1.807) is 0 Å². The number of rotatable bonds is 2. The summed E-state index contributed by atoms with van der Waals surface area (Å²) in [6.45, 7) is 9.69. The Morgan fingerprint density at radius 3 is 2.11 bits per heavy atom. The summed E-state index contributed by atoms with van der Waals surface area (Å²) < 4.78 is 0. The highest BCUT2D eigenvalue weighted by atomic mass is 14.6. The molecule has 2 N–H and O–H groups in total. The van der Waals surface area contributed by atoms with Crippen LogP contribution in [0.25, 0.3) is 0 Å². The van der Waals surface area contributed by atoms with Gasteiger partial charge in [0, 0.05) is 6.04 Å². The Labute approximate surface area is 57.3 Å². The van der Waals surface area contributed by atoms with Gasteiger partial charge in [-0.1, -0.05) is 23.8 Å². The second-order valence-corrected chi connectivity index (χ2v) is 2.52. The topological polar surface area (TPSA) is 26.0 Å². The van der Waals surface area contributed by atoms with E-state index in [9.17, 15) is 0 Å². The molecule has 52 valence electrons. The molecule has 0 saturated heterocycles. The van der Waals surface area contributed by atoms with Crippen LogP contribution in [0.2, 0.25) is 0 Å². The third kappa shape index (κ3) is 3.98. The Kier molecular flexibility index (Phi) is 3.25. The van der Waals surface area contributed by atoms with E-state index in [1.165, 1.54) is 5.57 Å².